The minimum absolute atomic E-state index is 0.0782. The van der Waals surface area contributed by atoms with Gasteiger partial charge in [0.25, 0.3) is 5.88 Å². The molecule has 1 aromatic carbocycles. The summed E-state index contributed by atoms with van der Waals surface area (Å²) >= 11 is 0. The van der Waals surface area contributed by atoms with Gasteiger partial charge in [-0.3, -0.25) is 4.68 Å². The van der Waals surface area contributed by atoms with Gasteiger partial charge in [-0.15, -0.1) is 5.10 Å². The first-order valence-corrected chi connectivity index (χ1v) is 7.62. The van der Waals surface area contributed by atoms with Crippen LogP contribution in [0.4, 0.5) is 10.5 Å². The molecule has 0 spiro atoms. The summed E-state index contributed by atoms with van der Waals surface area (Å²) < 4.78 is 6.80. The summed E-state index contributed by atoms with van der Waals surface area (Å²) in [4.78, 5) is 14.5. The number of rotatable bonds is 2. The normalized spacial score (nSPS) is 15.9. The molecular formula is C17H22N4O2. The van der Waals surface area contributed by atoms with E-state index in [1.807, 2.05) is 11.0 Å². The molecule has 2 heterocycles. The highest BCUT2D eigenvalue weighted by atomic mass is 16.5. The van der Waals surface area contributed by atoms with E-state index < -0.39 is 0 Å². The Morgan fingerprint density at radius 2 is 2.09 bits per heavy atom. The lowest BCUT2D eigenvalue weighted by atomic mass is 9.78. The molecule has 0 bridgehead atoms. The number of hydrogen-bond donors (Lipinski definition) is 1. The summed E-state index contributed by atoms with van der Waals surface area (Å²) in [6.07, 6.45) is 1.74. The van der Waals surface area contributed by atoms with Gasteiger partial charge in [0.2, 0.25) is 0 Å². The third kappa shape index (κ3) is 2.88. The largest absolute Gasteiger partial charge is 0.478 e. The Morgan fingerprint density at radius 3 is 2.83 bits per heavy atom. The van der Waals surface area contributed by atoms with E-state index in [0.717, 1.165) is 0 Å². The van der Waals surface area contributed by atoms with Gasteiger partial charge in [-0.2, -0.15) is 0 Å². The molecule has 122 valence electrons. The molecule has 6 nitrogen and oxygen atoms in total. The first kappa shape index (κ1) is 15.4. The zero-order chi connectivity index (χ0) is 16.6. The van der Waals surface area contributed by atoms with E-state index in [9.17, 15) is 4.79 Å². The number of hydrogen-bond acceptors (Lipinski definition) is 3. The van der Waals surface area contributed by atoms with Crippen LogP contribution in [0.15, 0.2) is 30.5 Å². The SMILES string of the molecule is COc1nn(C)cc1NC(=O)N1Cc2ccccc2C(C)(C)C1. The fraction of sp³-hybridized carbons (Fsp3) is 0.412. The van der Waals surface area contributed by atoms with Crippen LogP contribution < -0.4 is 10.1 Å². The molecule has 0 aliphatic carbocycles. The number of aromatic nitrogens is 2. The van der Waals surface area contributed by atoms with Crippen LogP contribution in [0.5, 0.6) is 5.88 Å². The van der Waals surface area contributed by atoms with Crippen LogP contribution in [-0.4, -0.2) is 34.4 Å². The number of benzene rings is 1. The zero-order valence-corrected chi connectivity index (χ0v) is 14.0. The molecule has 1 aliphatic rings. The molecule has 6 heteroatoms. The second kappa shape index (κ2) is 5.61. The molecule has 2 amide bonds. The predicted octanol–water partition coefficient (Wildman–Crippen LogP) is 2.75. The Hall–Kier alpha value is -2.50. The van der Waals surface area contributed by atoms with Gasteiger partial charge in [-0.25, -0.2) is 4.79 Å². The fourth-order valence-corrected chi connectivity index (χ4v) is 3.18. The van der Waals surface area contributed by atoms with E-state index in [1.165, 1.54) is 18.2 Å². The van der Waals surface area contributed by atoms with Crippen molar-refractivity contribution in [2.75, 3.05) is 19.0 Å². The topological polar surface area (TPSA) is 59.4 Å². The van der Waals surface area contributed by atoms with E-state index in [1.54, 1.807) is 17.9 Å². The van der Waals surface area contributed by atoms with Crippen molar-refractivity contribution < 1.29 is 9.53 Å². The van der Waals surface area contributed by atoms with E-state index >= 15 is 0 Å². The maximum Gasteiger partial charge on any atom is 0.322 e. The van der Waals surface area contributed by atoms with Gasteiger partial charge in [-0.1, -0.05) is 38.1 Å². The number of fused-ring (bicyclic) bond motifs is 1. The highest BCUT2D eigenvalue weighted by molar-refractivity contribution is 5.90. The maximum atomic E-state index is 12.7. The van der Waals surface area contributed by atoms with Crippen molar-refractivity contribution in [3.8, 4) is 5.88 Å². The zero-order valence-electron chi connectivity index (χ0n) is 14.0. The Morgan fingerprint density at radius 1 is 1.35 bits per heavy atom. The molecule has 0 radical (unpaired) electrons. The molecular weight excluding hydrogens is 292 g/mol. The summed E-state index contributed by atoms with van der Waals surface area (Å²) in [7, 11) is 3.33. The third-order valence-corrected chi connectivity index (χ3v) is 4.21. The summed E-state index contributed by atoms with van der Waals surface area (Å²) in [5.74, 6) is 0.414. The first-order valence-electron chi connectivity index (χ1n) is 7.62. The number of urea groups is 1. The van der Waals surface area contributed by atoms with Gasteiger partial charge >= 0.3 is 6.03 Å². The van der Waals surface area contributed by atoms with Crippen molar-refractivity contribution in [1.82, 2.24) is 14.7 Å². The third-order valence-electron chi connectivity index (χ3n) is 4.21. The number of carbonyl (C=O) groups excluding carboxylic acids is 1. The van der Waals surface area contributed by atoms with Crippen LogP contribution in [0.25, 0.3) is 0 Å². The maximum absolute atomic E-state index is 12.7. The van der Waals surface area contributed by atoms with Crippen molar-refractivity contribution in [3.63, 3.8) is 0 Å². The minimum Gasteiger partial charge on any atom is -0.478 e. The van der Waals surface area contributed by atoms with Gasteiger partial charge in [0, 0.05) is 25.6 Å². The van der Waals surface area contributed by atoms with Gasteiger partial charge in [0.1, 0.15) is 5.69 Å². The lowest BCUT2D eigenvalue weighted by molar-refractivity contribution is 0.186. The summed E-state index contributed by atoms with van der Waals surface area (Å²) in [6.45, 7) is 5.60. The monoisotopic (exact) mass is 314 g/mol. The minimum atomic E-state index is -0.140. The van der Waals surface area contributed by atoms with Crippen LogP contribution in [0.2, 0.25) is 0 Å². The molecule has 1 N–H and O–H groups in total. The number of anilines is 1. The fourth-order valence-electron chi connectivity index (χ4n) is 3.18. The number of nitrogens with one attached hydrogen (secondary N) is 1. The number of methoxy groups -OCH3 is 1. The molecule has 23 heavy (non-hydrogen) atoms. The molecule has 3 rings (SSSR count). The van der Waals surface area contributed by atoms with Crippen LogP contribution in [-0.2, 0) is 19.0 Å². The first-order chi connectivity index (χ1) is 10.9. The Labute approximate surface area is 136 Å². The number of nitrogens with zero attached hydrogens (tertiary/aromatic N) is 3. The average molecular weight is 314 g/mol. The van der Waals surface area contributed by atoms with Crippen LogP contribution in [0, 0.1) is 0 Å². The van der Waals surface area contributed by atoms with Gasteiger partial charge in [-0.05, 0) is 11.1 Å². The molecule has 2 aromatic rings. The number of amides is 2. The standard InChI is InChI=1S/C17H22N4O2/c1-17(2)11-21(9-12-7-5-6-8-13(12)17)16(22)18-14-10-20(3)19-15(14)23-4/h5-8,10H,9,11H2,1-4H3,(H,18,22). The van der Waals surface area contributed by atoms with Crippen molar-refractivity contribution in [3.05, 3.63) is 41.6 Å². The Kier molecular flexibility index (Phi) is 3.75. The van der Waals surface area contributed by atoms with Gasteiger partial charge in [0.15, 0.2) is 0 Å². The van der Waals surface area contributed by atoms with Crippen molar-refractivity contribution >= 4 is 11.7 Å². The van der Waals surface area contributed by atoms with Gasteiger partial charge < -0.3 is 15.0 Å². The van der Waals surface area contributed by atoms with Crippen LogP contribution in [0.3, 0.4) is 0 Å². The molecule has 1 aliphatic heterocycles. The van der Waals surface area contributed by atoms with E-state index in [0.29, 0.717) is 24.7 Å². The summed E-state index contributed by atoms with van der Waals surface area (Å²) in [5.41, 5.74) is 3.00. The number of carbonyl (C=O) groups is 1. The van der Waals surface area contributed by atoms with E-state index in [4.69, 9.17) is 4.74 Å². The van der Waals surface area contributed by atoms with Crippen molar-refractivity contribution in [2.45, 2.75) is 25.8 Å². The van der Waals surface area contributed by atoms with Crippen LogP contribution in [0.1, 0.15) is 25.0 Å². The lowest BCUT2D eigenvalue weighted by Crippen LogP contribution is -2.46. The van der Waals surface area contributed by atoms with E-state index in [-0.39, 0.29) is 11.4 Å². The predicted molar refractivity (Wildman–Crippen MR) is 88.7 cm³/mol. The molecule has 0 unspecified atom stereocenters. The van der Waals surface area contributed by atoms with E-state index in [2.05, 4.69) is 42.5 Å². The number of ether oxygens (including phenoxy) is 1. The average Bonchev–Trinajstić information content (AvgIpc) is 2.86. The van der Waals surface area contributed by atoms with Crippen molar-refractivity contribution in [2.24, 2.45) is 7.05 Å². The summed E-state index contributed by atoms with van der Waals surface area (Å²) in [5, 5.41) is 7.05. The highest BCUT2D eigenvalue weighted by Gasteiger charge is 2.33. The second-order valence-corrected chi connectivity index (χ2v) is 6.55. The second-order valence-electron chi connectivity index (χ2n) is 6.55. The highest BCUT2D eigenvalue weighted by Crippen LogP contribution is 2.33. The van der Waals surface area contributed by atoms with Gasteiger partial charge in [0.05, 0.1) is 13.3 Å². The van der Waals surface area contributed by atoms with Crippen molar-refractivity contribution in [1.29, 1.82) is 0 Å². The smallest absolute Gasteiger partial charge is 0.322 e. The lowest BCUT2D eigenvalue weighted by Gasteiger charge is -2.39. The Bertz CT molecular complexity index is 736. The van der Waals surface area contributed by atoms with Crippen LogP contribution >= 0.6 is 0 Å². The summed E-state index contributed by atoms with van der Waals surface area (Å²) in [6, 6.07) is 8.16. The molecule has 0 atom stereocenters. The Balaban J connectivity index is 1.81. The number of aryl methyl sites for hydroxylation is 1. The molecule has 0 saturated heterocycles. The molecule has 0 fully saturated rings. The molecule has 0 saturated carbocycles. The molecule has 1 aromatic heterocycles. The quantitative estimate of drug-likeness (QED) is 0.927.